The first-order valence-electron chi connectivity index (χ1n) is 5.97. The molecule has 0 bridgehead atoms. The van der Waals surface area contributed by atoms with Gasteiger partial charge in [0.25, 0.3) is 5.91 Å². The van der Waals surface area contributed by atoms with Crippen molar-refractivity contribution in [1.29, 1.82) is 0 Å². The number of halogens is 3. The molecular weight excluding hydrogens is 302 g/mol. The van der Waals surface area contributed by atoms with E-state index >= 15 is 0 Å². The zero-order chi connectivity index (χ0) is 15.2. The first kappa shape index (κ1) is 15.2. The minimum atomic E-state index is -2.86. The standard InChI is InChI=1S/C14H11ClF2N2O2/c15-12-5-6-18-8-11(12)13(20)19-7-9-1-3-10(4-2-9)21-14(16)17/h1-6,8,14H,7H2,(H,19,20). The number of alkyl halides is 2. The molecule has 2 aromatic rings. The maximum atomic E-state index is 12.0. The number of nitrogens with one attached hydrogen (secondary N) is 1. The molecule has 110 valence electrons. The number of nitrogens with zero attached hydrogens (tertiary/aromatic N) is 1. The van der Waals surface area contributed by atoms with Gasteiger partial charge in [-0.25, -0.2) is 0 Å². The van der Waals surface area contributed by atoms with Gasteiger partial charge in [-0.2, -0.15) is 8.78 Å². The third-order valence-electron chi connectivity index (χ3n) is 2.61. The van der Waals surface area contributed by atoms with Gasteiger partial charge in [0, 0.05) is 18.9 Å². The lowest BCUT2D eigenvalue weighted by Crippen LogP contribution is -2.23. The van der Waals surface area contributed by atoms with Crippen LogP contribution in [0.15, 0.2) is 42.7 Å². The van der Waals surface area contributed by atoms with E-state index in [0.717, 1.165) is 5.56 Å². The fourth-order valence-electron chi connectivity index (χ4n) is 1.61. The summed E-state index contributed by atoms with van der Waals surface area (Å²) in [5, 5.41) is 2.97. The molecule has 0 fully saturated rings. The quantitative estimate of drug-likeness (QED) is 0.922. The van der Waals surface area contributed by atoms with Crippen molar-refractivity contribution in [2.45, 2.75) is 13.2 Å². The second kappa shape index (κ2) is 6.99. The number of hydrogen-bond acceptors (Lipinski definition) is 3. The SMILES string of the molecule is O=C(NCc1ccc(OC(F)F)cc1)c1cnccc1Cl. The van der Waals surface area contributed by atoms with E-state index < -0.39 is 6.61 Å². The topological polar surface area (TPSA) is 51.2 Å². The first-order valence-corrected chi connectivity index (χ1v) is 6.35. The highest BCUT2D eigenvalue weighted by molar-refractivity contribution is 6.33. The highest BCUT2D eigenvalue weighted by atomic mass is 35.5. The van der Waals surface area contributed by atoms with Crippen molar-refractivity contribution in [3.05, 3.63) is 58.9 Å². The van der Waals surface area contributed by atoms with Crippen LogP contribution in [0, 0.1) is 0 Å². The molecule has 0 atom stereocenters. The van der Waals surface area contributed by atoms with Gasteiger partial charge < -0.3 is 10.1 Å². The van der Waals surface area contributed by atoms with Crippen molar-refractivity contribution in [3.63, 3.8) is 0 Å². The molecule has 0 unspecified atom stereocenters. The Morgan fingerprint density at radius 2 is 2.00 bits per heavy atom. The molecule has 0 aliphatic heterocycles. The molecular formula is C14H11ClF2N2O2. The summed E-state index contributed by atoms with van der Waals surface area (Å²) in [6.07, 6.45) is 2.86. The third-order valence-corrected chi connectivity index (χ3v) is 2.94. The van der Waals surface area contributed by atoms with Gasteiger partial charge in [-0.3, -0.25) is 9.78 Å². The van der Waals surface area contributed by atoms with E-state index in [2.05, 4.69) is 15.0 Å². The van der Waals surface area contributed by atoms with Crippen molar-refractivity contribution < 1.29 is 18.3 Å². The number of aromatic nitrogens is 1. The molecule has 1 aromatic carbocycles. The van der Waals surface area contributed by atoms with E-state index in [1.54, 1.807) is 12.1 Å². The van der Waals surface area contributed by atoms with E-state index in [-0.39, 0.29) is 23.8 Å². The Labute approximate surface area is 124 Å². The molecule has 1 amide bonds. The van der Waals surface area contributed by atoms with Gasteiger partial charge in [-0.1, -0.05) is 23.7 Å². The minimum Gasteiger partial charge on any atom is -0.435 e. The summed E-state index contributed by atoms with van der Waals surface area (Å²) in [5.41, 5.74) is 1.02. The third kappa shape index (κ3) is 4.39. The Morgan fingerprint density at radius 1 is 1.29 bits per heavy atom. The lowest BCUT2D eigenvalue weighted by molar-refractivity contribution is -0.0498. The fourth-order valence-corrected chi connectivity index (χ4v) is 1.80. The summed E-state index contributed by atoms with van der Waals surface area (Å²) in [4.78, 5) is 15.7. The van der Waals surface area contributed by atoms with Crippen LogP contribution < -0.4 is 10.1 Å². The molecule has 0 saturated heterocycles. The van der Waals surface area contributed by atoms with E-state index in [0.29, 0.717) is 5.02 Å². The first-order chi connectivity index (χ1) is 10.1. The molecule has 0 aliphatic carbocycles. The molecule has 21 heavy (non-hydrogen) atoms. The molecule has 4 nitrogen and oxygen atoms in total. The lowest BCUT2D eigenvalue weighted by Gasteiger charge is -2.08. The van der Waals surface area contributed by atoms with E-state index in [1.165, 1.54) is 30.6 Å². The molecule has 1 N–H and O–H groups in total. The second-order valence-corrected chi connectivity index (χ2v) is 4.47. The minimum absolute atomic E-state index is 0.0652. The van der Waals surface area contributed by atoms with Crippen LogP contribution in [0.25, 0.3) is 0 Å². The summed E-state index contributed by atoms with van der Waals surface area (Å²) in [7, 11) is 0. The molecule has 2 rings (SSSR count). The number of benzene rings is 1. The van der Waals surface area contributed by atoms with Gasteiger partial charge in [-0.15, -0.1) is 0 Å². The average Bonchev–Trinajstić information content (AvgIpc) is 2.46. The highest BCUT2D eigenvalue weighted by Crippen LogP contribution is 2.16. The molecule has 0 saturated carbocycles. The molecule has 1 aromatic heterocycles. The number of carbonyl (C=O) groups is 1. The normalized spacial score (nSPS) is 10.5. The van der Waals surface area contributed by atoms with Crippen LogP contribution in [0.1, 0.15) is 15.9 Å². The number of carbonyl (C=O) groups excluding carboxylic acids is 1. The van der Waals surface area contributed by atoms with E-state index in [1.807, 2.05) is 0 Å². The summed E-state index contributed by atoms with van der Waals surface area (Å²) in [6, 6.07) is 7.51. The molecule has 7 heteroatoms. The van der Waals surface area contributed by atoms with Gasteiger partial charge in [-0.05, 0) is 23.8 Å². The van der Waals surface area contributed by atoms with Crippen molar-refractivity contribution in [2.24, 2.45) is 0 Å². The van der Waals surface area contributed by atoms with Gasteiger partial charge in [0.05, 0.1) is 10.6 Å². The Balaban J connectivity index is 1.94. The van der Waals surface area contributed by atoms with Gasteiger partial charge >= 0.3 is 6.61 Å². The maximum absolute atomic E-state index is 12.0. The molecule has 0 aliphatic rings. The zero-order valence-corrected chi connectivity index (χ0v) is 11.5. The average molecular weight is 313 g/mol. The van der Waals surface area contributed by atoms with Crippen molar-refractivity contribution in [3.8, 4) is 5.75 Å². The van der Waals surface area contributed by atoms with Crippen molar-refractivity contribution in [2.75, 3.05) is 0 Å². The number of pyridine rings is 1. The molecule has 1 heterocycles. The number of amides is 1. The van der Waals surface area contributed by atoms with Gasteiger partial charge in [0.2, 0.25) is 0 Å². The Morgan fingerprint density at radius 3 is 2.62 bits per heavy atom. The smallest absolute Gasteiger partial charge is 0.387 e. The summed E-state index contributed by atoms with van der Waals surface area (Å²) in [6.45, 7) is -2.62. The zero-order valence-electron chi connectivity index (χ0n) is 10.7. The highest BCUT2D eigenvalue weighted by Gasteiger charge is 2.10. The summed E-state index contributed by atoms with van der Waals surface area (Å²) < 4.78 is 28.2. The number of rotatable bonds is 5. The van der Waals surface area contributed by atoms with Crippen LogP contribution in [0.2, 0.25) is 5.02 Å². The van der Waals surface area contributed by atoms with Crippen LogP contribution in [0.5, 0.6) is 5.75 Å². The Kier molecular flexibility index (Phi) is 5.05. The summed E-state index contributed by atoms with van der Waals surface area (Å²) in [5.74, 6) is -0.295. The van der Waals surface area contributed by atoms with Gasteiger partial charge in [0.1, 0.15) is 5.75 Å². The van der Waals surface area contributed by atoms with Crippen molar-refractivity contribution in [1.82, 2.24) is 10.3 Å². The number of ether oxygens (including phenoxy) is 1. The Bertz CT molecular complexity index is 621. The molecule has 0 radical (unpaired) electrons. The fraction of sp³-hybridized carbons (Fsp3) is 0.143. The van der Waals surface area contributed by atoms with Crippen LogP contribution in [-0.4, -0.2) is 17.5 Å². The second-order valence-electron chi connectivity index (χ2n) is 4.06. The van der Waals surface area contributed by atoms with Crippen LogP contribution in [0.3, 0.4) is 0 Å². The van der Waals surface area contributed by atoms with Crippen LogP contribution in [-0.2, 0) is 6.54 Å². The monoisotopic (exact) mass is 312 g/mol. The van der Waals surface area contributed by atoms with Crippen LogP contribution >= 0.6 is 11.6 Å². The predicted octanol–water partition coefficient (Wildman–Crippen LogP) is 3.27. The lowest BCUT2D eigenvalue weighted by atomic mass is 10.2. The largest absolute Gasteiger partial charge is 0.435 e. The number of hydrogen-bond donors (Lipinski definition) is 1. The van der Waals surface area contributed by atoms with Gasteiger partial charge in [0.15, 0.2) is 0 Å². The Hall–Kier alpha value is -2.21. The van der Waals surface area contributed by atoms with E-state index in [4.69, 9.17) is 11.6 Å². The molecule has 0 spiro atoms. The summed E-state index contributed by atoms with van der Waals surface area (Å²) >= 11 is 5.88. The predicted molar refractivity (Wildman–Crippen MR) is 73.5 cm³/mol. The van der Waals surface area contributed by atoms with Crippen molar-refractivity contribution >= 4 is 17.5 Å². The maximum Gasteiger partial charge on any atom is 0.387 e. The van der Waals surface area contributed by atoms with E-state index in [9.17, 15) is 13.6 Å². The van der Waals surface area contributed by atoms with Crippen LogP contribution in [0.4, 0.5) is 8.78 Å².